The van der Waals surface area contributed by atoms with Gasteiger partial charge in [-0.1, -0.05) is 77.1 Å². The fourth-order valence-corrected chi connectivity index (χ4v) is 12.6. The summed E-state index contributed by atoms with van der Waals surface area (Å²) in [6.45, 7) is 19.2. The molecule has 0 bridgehead atoms. The molecular weight excluding hydrogens is 532 g/mol. The van der Waals surface area contributed by atoms with Gasteiger partial charge in [0, 0.05) is 6.08 Å². The molecule has 5 aliphatic rings. The van der Waals surface area contributed by atoms with Crippen molar-refractivity contribution < 1.29 is 19.8 Å². The van der Waals surface area contributed by atoms with Crippen molar-refractivity contribution in [3.8, 4) is 0 Å². The highest BCUT2D eigenvalue weighted by atomic mass is 16.4. The van der Waals surface area contributed by atoms with E-state index in [-0.39, 0.29) is 27.6 Å². The maximum absolute atomic E-state index is 12.9. The van der Waals surface area contributed by atoms with Crippen LogP contribution in [0.4, 0.5) is 0 Å². The summed E-state index contributed by atoms with van der Waals surface area (Å²) in [7, 11) is 0. The number of hydrogen-bond acceptors (Lipinski definition) is 2. The Kier molecular flexibility index (Phi) is 7.03. The molecule has 4 heteroatoms. The first-order valence-electron chi connectivity index (χ1n) is 16.7. The van der Waals surface area contributed by atoms with E-state index in [0.717, 1.165) is 44.1 Å². The number of hydrogen-bond donors (Lipinski definition) is 2. The molecule has 4 fully saturated rings. The van der Waals surface area contributed by atoms with Gasteiger partial charge in [-0.15, -0.1) is 0 Å². The molecule has 1 aromatic rings. The highest BCUT2D eigenvalue weighted by Crippen LogP contribution is 2.77. The lowest BCUT2D eigenvalue weighted by atomic mass is 9.32. The SMILES string of the molecule is C=C(C)[C@@H]1CC[C@]2(C(=O)O)CC[C@]3(C)[C@H](CC[C@@H]4[C@@]5(C)CC=C(c6ccc(/C=C/C(=O)O)cc6)C(C)(C)C5CC[C@]43C)[C@@H]12. The first-order chi connectivity index (χ1) is 20.1. The van der Waals surface area contributed by atoms with Crippen LogP contribution in [0.25, 0.3) is 11.6 Å². The lowest BCUT2D eigenvalue weighted by Crippen LogP contribution is -2.65. The van der Waals surface area contributed by atoms with Gasteiger partial charge in [0.1, 0.15) is 0 Å². The van der Waals surface area contributed by atoms with E-state index in [0.29, 0.717) is 23.7 Å². The molecule has 0 aliphatic heterocycles. The molecule has 2 N–H and O–H groups in total. The van der Waals surface area contributed by atoms with Crippen LogP contribution in [0.2, 0.25) is 0 Å². The summed E-state index contributed by atoms with van der Waals surface area (Å²) in [6.07, 6.45) is 14.9. The first kappa shape index (κ1) is 30.4. The van der Waals surface area contributed by atoms with E-state index in [1.54, 1.807) is 6.08 Å². The Morgan fingerprint density at radius 2 is 1.56 bits per heavy atom. The molecule has 4 saturated carbocycles. The molecule has 1 aromatic carbocycles. The zero-order chi connectivity index (χ0) is 31.2. The van der Waals surface area contributed by atoms with Gasteiger partial charge in [-0.2, -0.15) is 0 Å². The molecule has 232 valence electrons. The van der Waals surface area contributed by atoms with Crippen molar-refractivity contribution in [1.82, 2.24) is 0 Å². The Morgan fingerprint density at radius 3 is 2.19 bits per heavy atom. The van der Waals surface area contributed by atoms with Crippen molar-refractivity contribution in [3.05, 3.63) is 59.7 Å². The molecular formula is C39H52O4. The summed E-state index contributed by atoms with van der Waals surface area (Å²) < 4.78 is 0. The van der Waals surface area contributed by atoms with Gasteiger partial charge in [0.2, 0.25) is 0 Å². The number of carboxylic acid groups (broad SMARTS) is 2. The van der Waals surface area contributed by atoms with Gasteiger partial charge in [0.25, 0.3) is 0 Å². The van der Waals surface area contributed by atoms with Crippen molar-refractivity contribution in [1.29, 1.82) is 0 Å². The molecule has 0 spiro atoms. The van der Waals surface area contributed by atoms with Crippen LogP contribution in [0.1, 0.15) is 110 Å². The van der Waals surface area contributed by atoms with Gasteiger partial charge in [0.05, 0.1) is 5.41 Å². The fourth-order valence-electron chi connectivity index (χ4n) is 12.6. The highest BCUT2D eigenvalue weighted by molar-refractivity contribution is 5.85. The van der Waals surface area contributed by atoms with Crippen LogP contribution < -0.4 is 0 Å². The van der Waals surface area contributed by atoms with Gasteiger partial charge < -0.3 is 10.2 Å². The zero-order valence-corrected chi connectivity index (χ0v) is 27.2. The summed E-state index contributed by atoms with van der Waals surface area (Å²) in [4.78, 5) is 23.9. The maximum Gasteiger partial charge on any atom is 0.328 e. The Balaban J connectivity index is 1.34. The number of fused-ring (bicyclic) bond motifs is 7. The molecule has 6 rings (SSSR count). The molecule has 0 amide bonds. The maximum atomic E-state index is 12.9. The van der Waals surface area contributed by atoms with Crippen LogP contribution in [0.15, 0.2) is 48.6 Å². The number of benzene rings is 1. The second kappa shape index (κ2) is 9.94. The molecule has 9 atom stereocenters. The van der Waals surface area contributed by atoms with Gasteiger partial charge in [-0.25, -0.2) is 4.79 Å². The van der Waals surface area contributed by atoms with Crippen LogP contribution in [-0.4, -0.2) is 22.2 Å². The largest absolute Gasteiger partial charge is 0.481 e. The first-order valence-corrected chi connectivity index (χ1v) is 16.7. The van der Waals surface area contributed by atoms with Crippen molar-refractivity contribution in [3.63, 3.8) is 0 Å². The van der Waals surface area contributed by atoms with Crippen LogP contribution >= 0.6 is 0 Å². The van der Waals surface area contributed by atoms with Crippen LogP contribution in [-0.2, 0) is 9.59 Å². The molecule has 0 saturated heterocycles. The molecule has 0 radical (unpaired) electrons. The van der Waals surface area contributed by atoms with Crippen LogP contribution in [0, 0.1) is 56.7 Å². The lowest BCUT2D eigenvalue weighted by molar-refractivity contribution is -0.227. The Labute approximate surface area is 258 Å². The molecule has 43 heavy (non-hydrogen) atoms. The van der Waals surface area contributed by atoms with Crippen molar-refractivity contribution >= 4 is 23.6 Å². The topological polar surface area (TPSA) is 74.6 Å². The Morgan fingerprint density at radius 1 is 0.860 bits per heavy atom. The quantitative estimate of drug-likeness (QED) is 0.267. The van der Waals surface area contributed by atoms with Crippen molar-refractivity contribution in [2.45, 2.75) is 99.3 Å². The van der Waals surface area contributed by atoms with Gasteiger partial charge >= 0.3 is 11.9 Å². The summed E-state index contributed by atoms with van der Waals surface area (Å²) in [5.74, 6) is 0.692. The number of carbonyl (C=O) groups is 2. The number of rotatable bonds is 5. The number of aliphatic carboxylic acids is 2. The zero-order valence-electron chi connectivity index (χ0n) is 27.2. The Bertz CT molecular complexity index is 1400. The van der Waals surface area contributed by atoms with Gasteiger partial charge in [-0.05, 0) is 139 Å². The van der Waals surface area contributed by atoms with E-state index in [1.807, 2.05) is 12.1 Å². The van der Waals surface area contributed by atoms with Gasteiger partial charge in [0.15, 0.2) is 0 Å². The Hall–Kier alpha value is -2.62. The monoisotopic (exact) mass is 584 g/mol. The smallest absolute Gasteiger partial charge is 0.328 e. The summed E-state index contributed by atoms with van der Waals surface area (Å²) >= 11 is 0. The van der Waals surface area contributed by atoms with E-state index in [1.165, 1.54) is 42.0 Å². The minimum absolute atomic E-state index is 0.0199. The second-order valence-corrected chi connectivity index (χ2v) is 16.5. The van der Waals surface area contributed by atoms with Crippen LogP contribution in [0.3, 0.4) is 0 Å². The third kappa shape index (κ3) is 4.13. The summed E-state index contributed by atoms with van der Waals surface area (Å²) in [6, 6.07) is 8.38. The highest BCUT2D eigenvalue weighted by Gasteiger charge is 2.71. The average Bonchev–Trinajstić information content (AvgIpc) is 3.34. The average molecular weight is 585 g/mol. The van der Waals surface area contributed by atoms with E-state index < -0.39 is 17.4 Å². The normalized spacial score (nSPS) is 43.1. The predicted octanol–water partition coefficient (Wildman–Crippen LogP) is 9.52. The van der Waals surface area contributed by atoms with Crippen molar-refractivity contribution in [2.75, 3.05) is 0 Å². The van der Waals surface area contributed by atoms with E-state index in [2.05, 4.69) is 66.3 Å². The second-order valence-electron chi connectivity index (χ2n) is 16.5. The molecule has 4 nitrogen and oxygen atoms in total. The standard InChI is InChI=1S/C39H52O4/c1-24(2)27-16-21-39(34(42)43)23-22-37(6)29(33(27)39)13-14-31-36(5)19-17-28(35(3,4)30(36)18-20-38(31,37)7)26-11-8-25(9-12-26)10-15-32(40)41/h8-12,15,17,27,29-31,33H,1,13-14,16,18-23H2,2-7H3,(H,40,41)(H,42,43)/b15-10+/t27-,29+,30?,31+,33+,36-,37+,38+,39-/m0/s1. The number of carboxylic acids is 2. The van der Waals surface area contributed by atoms with Crippen molar-refractivity contribution in [2.24, 2.45) is 56.7 Å². The molecule has 1 unspecified atom stereocenters. The van der Waals surface area contributed by atoms with E-state index in [4.69, 9.17) is 5.11 Å². The molecule has 0 aromatic heterocycles. The fraction of sp³-hybridized carbons (Fsp3) is 0.641. The third-order valence-corrected chi connectivity index (χ3v) is 14.7. The molecule has 5 aliphatic carbocycles. The summed E-state index contributed by atoms with van der Waals surface area (Å²) in [5.41, 5.74) is 4.74. The minimum atomic E-state index is -0.931. The van der Waals surface area contributed by atoms with Gasteiger partial charge in [-0.3, -0.25) is 4.79 Å². The number of allylic oxidation sites excluding steroid dienone is 3. The third-order valence-electron chi connectivity index (χ3n) is 14.7. The minimum Gasteiger partial charge on any atom is -0.481 e. The van der Waals surface area contributed by atoms with E-state index >= 15 is 0 Å². The predicted molar refractivity (Wildman–Crippen MR) is 173 cm³/mol. The molecule has 0 heterocycles. The summed E-state index contributed by atoms with van der Waals surface area (Å²) in [5, 5.41) is 19.6. The van der Waals surface area contributed by atoms with Crippen LogP contribution in [0.5, 0.6) is 0 Å². The van der Waals surface area contributed by atoms with E-state index in [9.17, 15) is 14.7 Å². The lowest BCUT2D eigenvalue weighted by Gasteiger charge is -2.72.